The van der Waals surface area contributed by atoms with Gasteiger partial charge in [-0.25, -0.2) is 12.8 Å². The minimum atomic E-state index is -3.64. The lowest BCUT2D eigenvalue weighted by Gasteiger charge is -2.30. The lowest BCUT2D eigenvalue weighted by molar-refractivity contribution is -0.141. The number of rotatable bonds is 11. The van der Waals surface area contributed by atoms with Crippen molar-refractivity contribution in [3.05, 3.63) is 64.4 Å². The minimum absolute atomic E-state index is 0.0128. The molecular weight excluding hydrogens is 517 g/mol. The number of carbonyl (C=O) groups excluding carboxylic acids is 2. The van der Waals surface area contributed by atoms with Gasteiger partial charge in [-0.15, -0.1) is 0 Å². The topological polar surface area (TPSA) is 86.8 Å². The third-order valence-electron chi connectivity index (χ3n) is 6.83. The molecule has 1 fully saturated rings. The van der Waals surface area contributed by atoms with E-state index in [1.807, 2.05) is 0 Å². The lowest BCUT2D eigenvalue weighted by Crippen LogP contribution is -2.49. The summed E-state index contributed by atoms with van der Waals surface area (Å²) in [5.41, 5.74) is 1.39. The van der Waals surface area contributed by atoms with E-state index in [-0.39, 0.29) is 43.8 Å². The zero-order valence-electron chi connectivity index (χ0n) is 21.5. The Morgan fingerprint density at radius 1 is 1.14 bits per heavy atom. The van der Waals surface area contributed by atoms with E-state index in [4.69, 9.17) is 11.6 Å². The van der Waals surface area contributed by atoms with Crippen molar-refractivity contribution >= 4 is 39.1 Å². The van der Waals surface area contributed by atoms with E-state index in [1.165, 1.54) is 15.3 Å². The number of hydrogen-bond donors (Lipinski definition) is 1. The number of amides is 2. The first kappa shape index (κ1) is 28.9. The van der Waals surface area contributed by atoms with Gasteiger partial charge in [-0.3, -0.25) is 13.9 Å². The molecule has 1 aliphatic rings. The Morgan fingerprint density at radius 2 is 1.81 bits per heavy atom. The third-order valence-corrected chi connectivity index (χ3v) is 8.42. The second-order valence-corrected chi connectivity index (χ2v) is 11.9. The summed E-state index contributed by atoms with van der Waals surface area (Å²) >= 11 is 6.20. The largest absolute Gasteiger partial charge is 0.352 e. The van der Waals surface area contributed by atoms with Gasteiger partial charge in [-0.1, -0.05) is 48.7 Å². The van der Waals surface area contributed by atoms with Crippen LogP contribution < -0.4 is 9.62 Å². The van der Waals surface area contributed by atoms with Gasteiger partial charge in [-0.05, 0) is 56.9 Å². The molecule has 0 unspecified atom stereocenters. The molecule has 1 aliphatic carbocycles. The van der Waals surface area contributed by atoms with E-state index in [0.29, 0.717) is 21.8 Å². The van der Waals surface area contributed by atoms with Crippen LogP contribution in [0.5, 0.6) is 0 Å². The summed E-state index contributed by atoms with van der Waals surface area (Å²) in [6.07, 6.45) is 5.23. The van der Waals surface area contributed by atoms with Crippen LogP contribution in [-0.4, -0.2) is 50.0 Å². The average molecular weight is 552 g/mol. The van der Waals surface area contributed by atoms with Gasteiger partial charge in [0, 0.05) is 36.1 Å². The normalized spacial score (nSPS) is 14.8. The summed E-state index contributed by atoms with van der Waals surface area (Å²) in [5, 5.41) is 3.46. The van der Waals surface area contributed by atoms with E-state index in [9.17, 15) is 22.4 Å². The van der Waals surface area contributed by atoms with Crippen molar-refractivity contribution in [3.8, 4) is 0 Å². The van der Waals surface area contributed by atoms with Crippen LogP contribution in [0.15, 0.2) is 42.5 Å². The summed E-state index contributed by atoms with van der Waals surface area (Å²) in [5.74, 6) is -1.08. The van der Waals surface area contributed by atoms with Crippen LogP contribution in [0.2, 0.25) is 5.02 Å². The van der Waals surface area contributed by atoms with Crippen LogP contribution in [-0.2, 0) is 26.2 Å². The maximum absolute atomic E-state index is 14.4. The van der Waals surface area contributed by atoms with Crippen molar-refractivity contribution in [1.29, 1.82) is 0 Å². The molecule has 1 atom stereocenters. The first-order valence-electron chi connectivity index (χ1n) is 12.5. The minimum Gasteiger partial charge on any atom is -0.352 e. The number of sulfonamides is 1. The van der Waals surface area contributed by atoms with Crippen LogP contribution in [0.4, 0.5) is 10.1 Å². The number of anilines is 1. The second-order valence-electron chi connectivity index (χ2n) is 9.60. The second kappa shape index (κ2) is 12.7. The molecule has 7 nitrogen and oxygen atoms in total. The molecule has 0 heterocycles. The van der Waals surface area contributed by atoms with Gasteiger partial charge in [-0.2, -0.15) is 0 Å². The van der Waals surface area contributed by atoms with Gasteiger partial charge in [0.2, 0.25) is 21.8 Å². The molecule has 3 rings (SSSR count). The van der Waals surface area contributed by atoms with Crippen LogP contribution >= 0.6 is 11.6 Å². The highest BCUT2D eigenvalue weighted by atomic mass is 35.5. The van der Waals surface area contributed by atoms with E-state index in [0.717, 1.165) is 31.9 Å². The maximum Gasteiger partial charge on any atom is 0.242 e. The van der Waals surface area contributed by atoms with Gasteiger partial charge in [0.05, 0.1) is 11.9 Å². The molecule has 0 spiro atoms. The summed E-state index contributed by atoms with van der Waals surface area (Å²) in [7, 11) is -3.64. The van der Waals surface area contributed by atoms with E-state index < -0.39 is 21.9 Å². The molecule has 0 aliphatic heterocycles. The van der Waals surface area contributed by atoms with E-state index in [1.54, 1.807) is 50.2 Å². The number of benzene rings is 2. The fourth-order valence-electron chi connectivity index (χ4n) is 4.63. The predicted octanol–water partition coefficient (Wildman–Crippen LogP) is 4.81. The molecular formula is C27H35ClFN3O4S. The Labute approximate surface area is 224 Å². The number of carbonyl (C=O) groups is 2. The first-order chi connectivity index (χ1) is 17.5. The lowest BCUT2D eigenvalue weighted by atomic mass is 10.1. The van der Waals surface area contributed by atoms with Gasteiger partial charge in [0.25, 0.3) is 0 Å². The standard InChI is InChI=1S/C27H35ClFN3O4S/c1-19-23(28)13-8-15-25(19)32(37(3,35)36)17-9-16-26(33)31(18-21-10-4-7-14-24(21)29)20(2)27(34)30-22-11-5-6-12-22/h4,7-8,10,13-15,20,22H,5-6,9,11-12,16-18H2,1-3H3,(H,30,34)/t20-/m1/s1. The Kier molecular flexibility index (Phi) is 9.95. The average Bonchev–Trinajstić information content (AvgIpc) is 3.35. The fraction of sp³-hybridized carbons (Fsp3) is 0.481. The molecule has 1 N–H and O–H groups in total. The van der Waals surface area contributed by atoms with Crippen LogP contribution in [0.3, 0.4) is 0 Å². The molecule has 2 amide bonds. The zero-order chi connectivity index (χ0) is 27.2. The molecule has 1 saturated carbocycles. The first-order valence-corrected chi connectivity index (χ1v) is 14.8. The number of hydrogen-bond acceptors (Lipinski definition) is 4. The highest BCUT2D eigenvalue weighted by molar-refractivity contribution is 7.92. The molecule has 0 saturated heterocycles. The monoisotopic (exact) mass is 551 g/mol. The van der Waals surface area contributed by atoms with Gasteiger partial charge in [0.1, 0.15) is 11.9 Å². The maximum atomic E-state index is 14.4. The highest BCUT2D eigenvalue weighted by Gasteiger charge is 2.29. The third kappa shape index (κ3) is 7.68. The van der Waals surface area contributed by atoms with Crippen LogP contribution in [0.1, 0.15) is 56.6 Å². The molecule has 37 heavy (non-hydrogen) atoms. The van der Waals surface area contributed by atoms with Crippen LogP contribution in [0.25, 0.3) is 0 Å². The van der Waals surface area contributed by atoms with Crippen molar-refractivity contribution in [1.82, 2.24) is 10.2 Å². The molecule has 0 aromatic heterocycles. The van der Waals surface area contributed by atoms with E-state index in [2.05, 4.69) is 5.32 Å². The van der Waals surface area contributed by atoms with Gasteiger partial charge in [0.15, 0.2) is 0 Å². The Balaban J connectivity index is 1.75. The number of halogens is 2. The quantitative estimate of drug-likeness (QED) is 0.434. The zero-order valence-corrected chi connectivity index (χ0v) is 23.1. The van der Waals surface area contributed by atoms with Crippen molar-refractivity contribution in [2.45, 2.75) is 71.0 Å². The Morgan fingerprint density at radius 3 is 2.46 bits per heavy atom. The molecule has 0 bridgehead atoms. The SMILES string of the molecule is Cc1c(Cl)cccc1N(CCCC(=O)N(Cc1ccccc1F)[C@H](C)C(=O)NC1CCCC1)S(C)(=O)=O. The summed E-state index contributed by atoms with van der Waals surface area (Å²) in [6, 6.07) is 10.5. The highest BCUT2D eigenvalue weighted by Crippen LogP contribution is 2.28. The Bertz CT molecular complexity index is 1220. The van der Waals surface area contributed by atoms with Gasteiger partial charge < -0.3 is 10.2 Å². The molecule has 2 aromatic carbocycles. The number of nitrogens with one attached hydrogen (secondary N) is 1. The smallest absolute Gasteiger partial charge is 0.242 e. The Hall–Kier alpha value is -2.65. The molecule has 2 aromatic rings. The van der Waals surface area contributed by atoms with E-state index >= 15 is 0 Å². The summed E-state index contributed by atoms with van der Waals surface area (Å²) < 4.78 is 40.7. The van der Waals surface area contributed by atoms with Crippen molar-refractivity contribution < 1.29 is 22.4 Å². The van der Waals surface area contributed by atoms with Crippen molar-refractivity contribution in [2.75, 3.05) is 17.1 Å². The predicted molar refractivity (Wildman–Crippen MR) is 144 cm³/mol. The van der Waals surface area contributed by atoms with Gasteiger partial charge >= 0.3 is 0 Å². The van der Waals surface area contributed by atoms with Crippen molar-refractivity contribution in [3.63, 3.8) is 0 Å². The summed E-state index contributed by atoms with van der Waals surface area (Å²) in [6.45, 7) is 3.37. The summed E-state index contributed by atoms with van der Waals surface area (Å²) in [4.78, 5) is 27.7. The molecule has 202 valence electrons. The van der Waals surface area contributed by atoms with Crippen molar-refractivity contribution in [2.24, 2.45) is 0 Å². The fourth-order valence-corrected chi connectivity index (χ4v) is 5.82. The number of nitrogens with zero attached hydrogens (tertiary/aromatic N) is 2. The van der Waals surface area contributed by atoms with Crippen LogP contribution in [0, 0.1) is 12.7 Å². The molecule has 10 heteroatoms. The molecule has 0 radical (unpaired) electrons.